The monoisotopic (exact) mass is 180 g/mol. The van der Waals surface area contributed by atoms with E-state index >= 15 is 0 Å². The lowest BCUT2D eigenvalue weighted by atomic mass is 10.1. The Morgan fingerprint density at radius 2 is 2.00 bits per heavy atom. The Labute approximate surface area is 76.4 Å². The van der Waals surface area contributed by atoms with Crippen LogP contribution in [-0.2, 0) is 6.54 Å². The van der Waals surface area contributed by atoms with Crippen LogP contribution in [0, 0.1) is 0 Å². The molecule has 0 saturated heterocycles. The van der Waals surface area contributed by atoms with Crippen molar-refractivity contribution < 1.29 is 9.47 Å². The Morgan fingerprint density at radius 1 is 1.23 bits per heavy atom. The van der Waals surface area contributed by atoms with Gasteiger partial charge in [-0.25, -0.2) is 0 Å². The first-order valence-corrected chi connectivity index (χ1v) is 4.19. The fraction of sp³-hybridized carbons (Fsp3) is 0.333. The van der Waals surface area contributed by atoms with Crippen LogP contribution in [0.25, 0.3) is 0 Å². The zero-order valence-electron chi connectivity index (χ0n) is 7.25. The Hall–Kier alpha value is -1.42. The van der Waals surface area contributed by atoms with Gasteiger partial charge in [0.05, 0.1) is 0 Å². The summed E-state index contributed by atoms with van der Waals surface area (Å²) in [6.45, 7) is 1.56. The smallest absolute Gasteiger partial charge is 0.165 e. The van der Waals surface area contributed by atoms with Crippen LogP contribution in [0.3, 0.4) is 0 Å². The van der Waals surface area contributed by atoms with Crippen LogP contribution in [0.2, 0.25) is 0 Å². The highest BCUT2D eigenvalue weighted by Gasteiger charge is 2.15. The molecule has 0 aromatic heterocycles. The SMILES string of the molecule is NCc1cc(N)cc2c1OCCO2. The van der Waals surface area contributed by atoms with E-state index in [1.807, 2.05) is 6.07 Å². The quantitative estimate of drug-likeness (QED) is 0.617. The summed E-state index contributed by atoms with van der Waals surface area (Å²) in [6.07, 6.45) is 0. The second-order valence-electron chi connectivity index (χ2n) is 2.91. The second-order valence-corrected chi connectivity index (χ2v) is 2.91. The molecule has 0 amide bonds. The Kier molecular flexibility index (Phi) is 1.98. The fourth-order valence-corrected chi connectivity index (χ4v) is 1.40. The summed E-state index contributed by atoms with van der Waals surface area (Å²) in [5.41, 5.74) is 12.8. The third kappa shape index (κ3) is 1.40. The van der Waals surface area contributed by atoms with Crippen LogP contribution in [0.1, 0.15) is 5.56 Å². The lowest BCUT2D eigenvalue weighted by molar-refractivity contribution is 0.170. The van der Waals surface area contributed by atoms with Crippen molar-refractivity contribution in [3.8, 4) is 11.5 Å². The van der Waals surface area contributed by atoms with E-state index in [9.17, 15) is 0 Å². The van der Waals surface area contributed by atoms with Gasteiger partial charge in [-0.15, -0.1) is 0 Å². The topological polar surface area (TPSA) is 70.5 Å². The van der Waals surface area contributed by atoms with E-state index in [1.165, 1.54) is 0 Å². The normalized spacial score (nSPS) is 14.2. The molecule has 0 fully saturated rings. The van der Waals surface area contributed by atoms with Crippen LogP contribution in [0.5, 0.6) is 11.5 Å². The molecule has 70 valence electrons. The van der Waals surface area contributed by atoms with Gasteiger partial charge in [0.15, 0.2) is 11.5 Å². The number of hydrogen-bond acceptors (Lipinski definition) is 4. The molecule has 0 bridgehead atoms. The third-order valence-corrected chi connectivity index (χ3v) is 1.96. The molecule has 1 aliphatic rings. The van der Waals surface area contributed by atoms with Crippen molar-refractivity contribution in [3.05, 3.63) is 17.7 Å². The summed E-state index contributed by atoms with van der Waals surface area (Å²) < 4.78 is 10.8. The summed E-state index contributed by atoms with van der Waals surface area (Å²) in [6, 6.07) is 3.57. The minimum Gasteiger partial charge on any atom is -0.486 e. The van der Waals surface area contributed by atoms with Gasteiger partial charge in [0.2, 0.25) is 0 Å². The zero-order chi connectivity index (χ0) is 9.26. The lowest BCUT2D eigenvalue weighted by Gasteiger charge is -2.21. The van der Waals surface area contributed by atoms with Gasteiger partial charge in [-0.05, 0) is 6.07 Å². The maximum atomic E-state index is 5.67. The average molecular weight is 180 g/mol. The van der Waals surface area contributed by atoms with Crippen LogP contribution < -0.4 is 20.9 Å². The Morgan fingerprint density at radius 3 is 2.77 bits per heavy atom. The summed E-state index contributed by atoms with van der Waals surface area (Å²) in [7, 11) is 0. The van der Waals surface area contributed by atoms with Crippen molar-refractivity contribution in [2.45, 2.75) is 6.54 Å². The molecule has 13 heavy (non-hydrogen) atoms. The van der Waals surface area contributed by atoms with Gasteiger partial charge in [0.1, 0.15) is 13.2 Å². The lowest BCUT2D eigenvalue weighted by Crippen LogP contribution is -2.17. The number of nitrogens with two attached hydrogens (primary N) is 2. The summed E-state index contributed by atoms with van der Waals surface area (Å²) in [5.74, 6) is 1.44. The average Bonchev–Trinajstić information content (AvgIpc) is 2.16. The molecule has 4 N–H and O–H groups in total. The van der Waals surface area contributed by atoms with Gasteiger partial charge < -0.3 is 20.9 Å². The van der Waals surface area contributed by atoms with E-state index in [1.54, 1.807) is 6.07 Å². The van der Waals surface area contributed by atoms with E-state index < -0.39 is 0 Å². The van der Waals surface area contributed by atoms with Crippen molar-refractivity contribution in [1.29, 1.82) is 0 Å². The minimum atomic E-state index is 0.413. The molecule has 4 heteroatoms. The van der Waals surface area contributed by atoms with E-state index in [0.29, 0.717) is 31.2 Å². The van der Waals surface area contributed by atoms with Crippen molar-refractivity contribution in [3.63, 3.8) is 0 Å². The Bertz CT molecular complexity index is 308. The molecule has 1 aromatic rings. The van der Waals surface area contributed by atoms with Crippen molar-refractivity contribution >= 4 is 5.69 Å². The van der Waals surface area contributed by atoms with Gasteiger partial charge in [-0.3, -0.25) is 0 Å². The van der Waals surface area contributed by atoms with E-state index in [-0.39, 0.29) is 0 Å². The highest BCUT2D eigenvalue weighted by atomic mass is 16.6. The first kappa shape index (κ1) is 8.19. The highest BCUT2D eigenvalue weighted by molar-refractivity contribution is 5.57. The highest BCUT2D eigenvalue weighted by Crippen LogP contribution is 2.35. The van der Waals surface area contributed by atoms with Gasteiger partial charge >= 0.3 is 0 Å². The molecule has 0 atom stereocenters. The number of ether oxygens (including phenoxy) is 2. The Balaban J connectivity index is 2.50. The van der Waals surface area contributed by atoms with E-state index in [0.717, 1.165) is 11.3 Å². The number of hydrogen-bond donors (Lipinski definition) is 2. The van der Waals surface area contributed by atoms with Crippen LogP contribution in [-0.4, -0.2) is 13.2 Å². The second kappa shape index (κ2) is 3.14. The first-order valence-electron chi connectivity index (χ1n) is 4.19. The van der Waals surface area contributed by atoms with E-state index in [2.05, 4.69) is 0 Å². The minimum absolute atomic E-state index is 0.413. The van der Waals surface area contributed by atoms with Crippen molar-refractivity contribution in [1.82, 2.24) is 0 Å². The molecule has 2 rings (SSSR count). The number of anilines is 1. The maximum absolute atomic E-state index is 5.67. The van der Waals surface area contributed by atoms with Gasteiger partial charge in [0, 0.05) is 23.9 Å². The number of fused-ring (bicyclic) bond motifs is 1. The molecule has 0 spiro atoms. The number of benzene rings is 1. The predicted molar refractivity (Wildman–Crippen MR) is 49.7 cm³/mol. The summed E-state index contributed by atoms with van der Waals surface area (Å²) in [4.78, 5) is 0. The fourth-order valence-electron chi connectivity index (χ4n) is 1.40. The molecule has 0 saturated carbocycles. The standard InChI is InChI=1S/C9H12N2O2/c10-5-6-3-7(11)4-8-9(6)13-2-1-12-8/h3-4H,1-2,5,10-11H2. The molecule has 0 aliphatic carbocycles. The predicted octanol–water partition coefficient (Wildman–Crippen LogP) is 0.499. The van der Waals surface area contributed by atoms with Gasteiger partial charge in [-0.1, -0.05) is 0 Å². The maximum Gasteiger partial charge on any atom is 0.165 e. The molecule has 4 nitrogen and oxygen atoms in total. The van der Waals surface area contributed by atoms with Crippen molar-refractivity contribution in [2.75, 3.05) is 18.9 Å². The van der Waals surface area contributed by atoms with Gasteiger partial charge in [-0.2, -0.15) is 0 Å². The summed E-state index contributed by atoms with van der Waals surface area (Å²) in [5, 5.41) is 0. The molecular formula is C9H12N2O2. The first-order chi connectivity index (χ1) is 6.31. The molecule has 1 aromatic carbocycles. The zero-order valence-corrected chi connectivity index (χ0v) is 7.25. The third-order valence-electron chi connectivity index (χ3n) is 1.96. The van der Waals surface area contributed by atoms with Crippen LogP contribution in [0.4, 0.5) is 5.69 Å². The van der Waals surface area contributed by atoms with E-state index in [4.69, 9.17) is 20.9 Å². The van der Waals surface area contributed by atoms with Crippen LogP contribution >= 0.6 is 0 Å². The molecule has 0 unspecified atom stereocenters. The molecule has 1 aliphatic heterocycles. The molecule has 1 heterocycles. The summed E-state index contributed by atoms with van der Waals surface area (Å²) >= 11 is 0. The van der Waals surface area contributed by atoms with Gasteiger partial charge in [0.25, 0.3) is 0 Å². The van der Waals surface area contributed by atoms with Crippen LogP contribution in [0.15, 0.2) is 12.1 Å². The molecule has 0 radical (unpaired) electrons. The molecular weight excluding hydrogens is 168 g/mol. The number of nitrogen functional groups attached to an aromatic ring is 1. The number of rotatable bonds is 1. The van der Waals surface area contributed by atoms with Crippen molar-refractivity contribution in [2.24, 2.45) is 5.73 Å². The largest absolute Gasteiger partial charge is 0.486 e.